The van der Waals surface area contributed by atoms with Gasteiger partial charge in [-0.3, -0.25) is 19.6 Å². The van der Waals surface area contributed by atoms with Crippen molar-refractivity contribution in [3.8, 4) is 68.9 Å². The summed E-state index contributed by atoms with van der Waals surface area (Å²) in [5, 5.41) is 38.4. The summed E-state index contributed by atoms with van der Waals surface area (Å²) in [6.45, 7) is 11.1. The molecule has 490 valence electrons. The van der Waals surface area contributed by atoms with Crippen molar-refractivity contribution in [1.29, 1.82) is 10.5 Å². The molecule has 8 aromatic rings. The maximum Gasteiger partial charge on any atom is 0.494 e. The Morgan fingerprint density at radius 3 is 1.54 bits per heavy atom. The Hall–Kier alpha value is -8.51. The minimum Gasteiger partial charge on any atom is -0.496 e. The van der Waals surface area contributed by atoms with Crippen molar-refractivity contribution in [2.45, 2.75) is 114 Å². The average molecular weight is 1300 g/mol. The van der Waals surface area contributed by atoms with Crippen LogP contribution in [0.15, 0.2) is 106 Å². The summed E-state index contributed by atoms with van der Waals surface area (Å²) < 4.78 is 58.8. The van der Waals surface area contributed by atoms with E-state index in [1.54, 1.807) is 70.8 Å². The second-order valence-corrected chi connectivity index (χ2v) is 25.6. The van der Waals surface area contributed by atoms with E-state index in [1.165, 1.54) is 9.80 Å². The van der Waals surface area contributed by atoms with Gasteiger partial charge in [0.1, 0.15) is 69.9 Å². The van der Waals surface area contributed by atoms with Crippen molar-refractivity contribution in [3.05, 3.63) is 136 Å². The van der Waals surface area contributed by atoms with Gasteiger partial charge in [-0.25, -0.2) is 0 Å². The first-order valence-electron chi connectivity index (χ1n) is 31.9. The number of aliphatic hydroxyl groups excluding tert-OH is 2. The molecule has 0 atom stereocenters. The number of aliphatic hydroxyl groups is 2. The molecular formula is C72H78BClN6O14. The van der Waals surface area contributed by atoms with Crippen LogP contribution in [0.1, 0.15) is 134 Å². The zero-order valence-electron chi connectivity index (χ0n) is 54.3. The molecule has 5 aliphatic rings. The molecule has 20 nitrogen and oxygen atoms in total. The standard InChI is InChI=1S/C33H33N3O6.C21H21ClN2O4.C18H24BNO4/c1-36(11-12-37)33(38)22-5-7-25(29(16-22)39-2)30-17-27-32(42-30)31(26(19-35-27)20-3-4-20)21-6-8-28(23(15-21)18-34)41-24-9-13-40-14-10-24;1-24(7-8-25)21(26)13-5-6-14(17(9-13)27-2)18-10-16-20(28-18)19(22)15(11-23-16)12-3-4-12;1-17(2)18(3,4)24-19(23-17)14-5-6-16(13(11-14)12-20)22-15-7-9-21-10-8-15/h5-8,15-17,19-20,24,37H,3-4,9-14H2,1-2H3;5-6,9-12,25H,3-4,7-8H2,1-2H3;5-6,11,15H,7-10H2,1-4H3. The van der Waals surface area contributed by atoms with E-state index < -0.39 is 18.3 Å². The number of carbonyl (C=O) groups is 2. The van der Waals surface area contributed by atoms with Crippen LogP contribution >= 0.6 is 11.6 Å². The van der Waals surface area contributed by atoms with Crippen molar-refractivity contribution >= 4 is 58.2 Å². The molecule has 0 unspecified atom stereocenters. The van der Waals surface area contributed by atoms with Crippen LogP contribution < -0.4 is 24.4 Å². The number of hydrogen-bond acceptors (Lipinski definition) is 18. The van der Waals surface area contributed by atoms with Gasteiger partial charge in [0.2, 0.25) is 0 Å². The average Bonchev–Trinajstić information content (AvgIpc) is 1.70. The summed E-state index contributed by atoms with van der Waals surface area (Å²) in [6, 6.07) is 29.9. The molecule has 13 rings (SSSR count). The lowest BCUT2D eigenvalue weighted by Crippen LogP contribution is -2.41. The van der Waals surface area contributed by atoms with Crippen molar-refractivity contribution in [2.75, 3.05) is 81.0 Å². The van der Waals surface area contributed by atoms with Crippen LogP contribution in [-0.4, -0.2) is 153 Å². The molecular weight excluding hydrogens is 1220 g/mol. The predicted octanol–water partition coefficient (Wildman–Crippen LogP) is 12.1. The molecule has 3 saturated heterocycles. The van der Waals surface area contributed by atoms with E-state index in [-0.39, 0.29) is 50.3 Å². The van der Waals surface area contributed by atoms with Crippen LogP contribution in [0.5, 0.6) is 23.0 Å². The summed E-state index contributed by atoms with van der Waals surface area (Å²) >= 11 is 6.55. The highest BCUT2D eigenvalue weighted by Gasteiger charge is 2.52. The molecule has 7 heterocycles. The monoisotopic (exact) mass is 1300 g/mol. The number of rotatable bonds is 18. The Morgan fingerprint density at radius 1 is 0.606 bits per heavy atom. The Morgan fingerprint density at radius 2 is 1.06 bits per heavy atom. The number of methoxy groups -OCH3 is 2. The van der Waals surface area contributed by atoms with Crippen LogP contribution in [0.2, 0.25) is 5.02 Å². The number of nitriles is 2. The molecule has 2 aliphatic carbocycles. The molecule has 22 heteroatoms. The summed E-state index contributed by atoms with van der Waals surface area (Å²) in [5.41, 5.74) is 9.88. The minimum absolute atomic E-state index is 0.0331. The van der Waals surface area contributed by atoms with Gasteiger partial charge >= 0.3 is 7.12 Å². The smallest absolute Gasteiger partial charge is 0.494 e. The fraction of sp³-hybridized carbons (Fsp3) is 0.417. The molecule has 4 aromatic heterocycles. The summed E-state index contributed by atoms with van der Waals surface area (Å²) in [6.07, 6.45) is 11.6. The van der Waals surface area contributed by atoms with Gasteiger partial charge < -0.3 is 66.6 Å². The molecule has 0 bridgehead atoms. The Balaban J connectivity index is 0.000000151. The topological polar surface area (TPSA) is 255 Å². The highest BCUT2D eigenvalue weighted by atomic mass is 35.5. The van der Waals surface area contributed by atoms with E-state index in [0.29, 0.717) is 133 Å². The molecule has 3 aliphatic heterocycles. The summed E-state index contributed by atoms with van der Waals surface area (Å²) in [5.74, 6) is 3.81. The van der Waals surface area contributed by atoms with Gasteiger partial charge in [0, 0.05) is 94.1 Å². The zero-order valence-corrected chi connectivity index (χ0v) is 55.0. The molecule has 2 N–H and O–H groups in total. The number of pyridine rings is 2. The van der Waals surface area contributed by atoms with Crippen molar-refractivity contribution in [2.24, 2.45) is 0 Å². The third kappa shape index (κ3) is 14.7. The molecule has 0 spiro atoms. The number of nitrogens with zero attached hydrogens (tertiary/aromatic N) is 6. The Kier molecular flexibility index (Phi) is 20.7. The lowest BCUT2D eigenvalue weighted by atomic mass is 9.78. The lowest BCUT2D eigenvalue weighted by Gasteiger charge is -2.32. The van der Waals surface area contributed by atoms with Crippen LogP contribution in [-0.2, 0) is 18.8 Å². The van der Waals surface area contributed by atoms with E-state index in [1.807, 2.05) is 82.6 Å². The number of benzene rings is 4. The quantitative estimate of drug-likeness (QED) is 0.0757. The van der Waals surface area contributed by atoms with Crippen LogP contribution in [0, 0.1) is 22.7 Å². The van der Waals surface area contributed by atoms with Gasteiger partial charge in [-0.15, -0.1) is 0 Å². The number of likely N-dealkylation sites (N-methyl/N-ethyl adjacent to an activating group) is 2. The molecule has 94 heavy (non-hydrogen) atoms. The van der Waals surface area contributed by atoms with Crippen LogP contribution in [0.3, 0.4) is 0 Å². The minimum atomic E-state index is -0.473. The number of hydrogen-bond donors (Lipinski definition) is 2. The number of furan rings is 2. The molecule has 4 aromatic carbocycles. The van der Waals surface area contributed by atoms with E-state index in [9.17, 15) is 25.2 Å². The van der Waals surface area contributed by atoms with Crippen molar-refractivity contribution in [3.63, 3.8) is 0 Å². The van der Waals surface area contributed by atoms with E-state index in [4.69, 9.17) is 68.3 Å². The Bertz CT molecular complexity index is 4140. The predicted molar refractivity (Wildman–Crippen MR) is 355 cm³/mol. The highest BCUT2D eigenvalue weighted by Crippen LogP contribution is 2.49. The van der Waals surface area contributed by atoms with Gasteiger partial charge in [0.05, 0.1) is 92.3 Å². The second-order valence-electron chi connectivity index (χ2n) is 25.2. The molecule has 5 fully saturated rings. The SMILES string of the molecule is CC1(C)OB(c2ccc(OC3CCOCC3)c(C#N)c2)OC1(C)C.COc1cc(C(=O)N(C)CCO)ccc1-c1cc2ncc(C3CC3)c(-c3ccc(OC4CCOCC4)c(C#N)c3)c2o1.COc1cc(C(=O)N(C)CCO)ccc1-c1cc2ncc(C3CC3)c(Cl)c2o1. The number of ether oxygens (including phenoxy) is 6. The largest absolute Gasteiger partial charge is 0.496 e. The summed E-state index contributed by atoms with van der Waals surface area (Å²) in [4.78, 5) is 37.4. The van der Waals surface area contributed by atoms with Crippen molar-refractivity contribution < 1.29 is 66.4 Å². The van der Waals surface area contributed by atoms with E-state index >= 15 is 0 Å². The third-order valence-electron chi connectivity index (χ3n) is 18.1. The molecule has 0 radical (unpaired) electrons. The van der Waals surface area contributed by atoms with E-state index in [0.717, 1.165) is 79.1 Å². The highest BCUT2D eigenvalue weighted by molar-refractivity contribution is 6.62. The zero-order chi connectivity index (χ0) is 66.4. The number of amides is 2. The van der Waals surface area contributed by atoms with Gasteiger partial charge in [-0.2, -0.15) is 10.5 Å². The Labute approximate surface area is 552 Å². The number of aromatic nitrogens is 2. The normalized spacial score (nSPS) is 16.8. The first kappa shape index (κ1) is 66.9. The number of halogens is 1. The number of fused-ring (bicyclic) bond motifs is 2. The fourth-order valence-corrected chi connectivity index (χ4v) is 11.9. The van der Waals surface area contributed by atoms with Gasteiger partial charge in [0.25, 0.3) is 11.8 Å². The third-order valence-corrected chi connectivity index (χ3v) is 18.5. The summed E-state index contributed by atoms with van der Waals surface area (Å²) in [7, 11) is 5.91. The first-order valence-corrected chi connectivity index (χ1v) is 32.3. The van der Waals surface area contributed by atoms with Gasteiger partial charge in [0.15, 0.2) is 11.2 Å². The maximum atomic E-state index is 12.8. The second kappa shape index (κ2) is 29.0. The van der Waals surface area contributed by atoms with Crippen LogP contribution in [0.25, 0.3) is 56.0 Å². The number of carbonyl (C=O) groups excluding carboxylic acids is 2. The van der Waals surface area contributed by atoms with Gasteiger partial charge in [-0.05, 0) is 148 Å². The van der Waals surface area contributed by atoms with Crippen molar-refractivity contribution in [1.82, 2.24) is 19.8 Å². The molecule has 2 amide bonds. The fourth-order valence-electron chi connectivity index (χ4n) is 11.6. The van der Waals surface area contributed by atoms with E-state index in [2.05, 4.69) is 17.1 Å². The van der Waals surface area contributed by atoms with Gasteiger partial charge in [-0.1, -0.05) is 23.7 Å². The maximum absolute atomic E-state index is 12.8. The van der Waals surface area contributed by atoms with Crippen LogP contribution in [0.4, 0.5) is 0 Å². The molecule has 2 saturated carbocycles. The lowest BCUT2D eigenvalue weighted by molar-refractivity contribution is 0.00578. The first-order chi connectivity index (χ1) is 45.3.